The van der Waals surface area contributed by atoms with E-state index < -0.39 is 11.6 Å². The van der Waals surface area contributed by atoms with Crippen LogP contribution in [0.25, 0.3) is 0 Å². The number of benzene rings is 1. The summed E-state index contributed by atoms with van der Waals surface area (Å²) in [6.45, 7) is 0. The van der Waals surface area contributed by atoms with Crippen molar-refractivity contribution in [2.45, 2.75) is 19.3 Å². The molecule has 0 heterocycles. The van der Waals surface area contributed by atoms with Crippen molar-refractivity contribution in [1.82, 2.24) is 0 Å². The zero-order chi connectivity index (χ0) is 11.3. The van der Waals surface area contributed by atoms with Crippen LogP contribution in [0, 0.1) is 24.0 Å². The lowest BCUT2D eigenvalue weighted by molar-refractivity contribution is -0.118. The van der Waals surface area contributed by atoms with Gasteiger partial charge in [0.2, 0.25) is 0 Å². The Bertz CT molecular complexity index is 384. The molecule has 0 aliphatic carbocycles. The van der Waals surface area contributed by atoms with E-state index in [4.69, 9.17) is 6.42 Å². The molecule has 3 heteroatoms. The van der Waals surface area contributed by atoms with Gasteiger partial charge < -0.3 is 0 Å². The molecule has 0 amide bonds. The Labute approximate surface area is 87.1 Å². The summed E-state index contributed by atoms with van der Waals surface area (Å²) in [4.78, 5) is 11.3. The van der Waals surface area contributed by atoms with E-state index in [9.17, 15) is 13.6 Å². The van der Waals surface area contributed by atoms with Crippen molar-refractivity contribution in [2.75, 3.05) is 0 Å². The zero-order valence-electron chi connectivity index (χ0n) is 8.09. The first-order valence-corrected chi connectivity index (χ1v) is 4.52. The number of terminal acetylenes is 1. The van der Waals surface area contributed by atoms with Gasteiger partial charge in [0.1, 0.15) is 17.4 Å². The highest BCUT2D eigenvalue weighted by atomic mass is 19.1. The lowest BCUT2D eigenvalue weighted by atomic mass is 10.1. The molecule has 0 aliphatic heterocycles. The molecule has 0 unspecified atom stereocenters. The van der Waals surface area contributed by atoms with E-state index in [0.29, 0.717) is 12.0 Å². The van der Waals surface area contributed by atoms with Crippen molar-refractivity contribution in [2.24, 2.45) is 0 Å². The largest absolute Gasteiger partial charge is 0.299 e. The third-order valence-corrected chi connectivity index (χ3v) is 1.87. The Morgan fingerprint density at radius 3 is 2.40 bits per heavy atom. The van der Waals surface area contributed by atoms with E-state index in [2.05, 4.69) is 5.92 Å². The van der Waals surface area contributed by atoms with Gasteiger partial charge in [-0.3, -0.25) is 4.79 Å². The quantitative estimate of drug-likeness (QED) is 0.695. The minimum Gasteiger partial charge on any atom is -0.299 e. The number of carbonyl (C=O) groups is 1. The van der Waals surface area contributed by atoms with E-state index >= 15 is 0 Å². The fourth-order valence-electron chi connectivity index (χ4n) is 1.24. The second kappa shape index (κ2) is 5.26. The standard InChI is InChI=1S/C12H10F2O/c1-2-3-4-12(15)7-9-5-10(13)8-11(14)6-9/h1,5-6,8H,3-4,7H2. The third-order valence-electron chi connectivity index (χ3n) is 1.87. The summed E-state index contributed by atoms with van der Waals surface area (Å²) < 4.78 is 25.5. The first-order valence-electron chi connectivity index (χ1n) is 4.52. The topological polar surface area (TPSA) is 17.1 Å². The summed E-state index contributed by atoms with van der Waals surface area (Å²) >= 11 is 0. The van der Waals surface area contributed by atoms with Gasteiger partial charge in [0.05, 0.1) is 0 Å². The first-order chi connectivity index (χ1) is 7.11. The van der Waals surface area contributed by atoms with Gasteiger partial charge >= 0.3 is 0 Å². The molecule has 0 aliphatic rings. The molecule has 0 spiro atoms. The van der Waals surface area contributed by atoms with Crippen LogP contribution in [0.1, 0.15) is 18.4 Å². The minimum absolute atomic E-state index is 0.0242. The summed E-state index contributed by atoms with van der Waals surface area (Å²) in [5.74, 6) is 0.882. The molecular formula is C12H10F2O. The SMILES string of the molecule is C#CCCC(=O)Cc1cc(F)cc(F)c1. The Balaban J connectivity index is 2.65. The summed E-state index contributed by atoms with van der Waals surface area (Å²) in [6, 6.07) is 3.07. The predicted molar refractivity (Wildman–Crippen MR) is 53.1 cm³/mol. The monoisotopic (exact) mass is 208 g/mol. The molecule has 0 fully saturated rings. The van der Waals surface area contributed by atoms with Gasteiger partial charge in [-0.25, -0.2) is 8.78 Å². The molecule has 0 aromatic heterocycles. The molecule has 1 nitrogen and oxygen atoms in total. The van der Waals surface area contributed by atoms with Gasteiger partial charge in [0.15, 0.2) is 0 Å². The second-order valence-electron chi connectivity index (χ2n) is 3.20. The molecule has 1 aromatic carbocycles. The van der Waals surface area contributed by atoms with Crippen LogP contribution >= 0.6 is 0 Å². The van der Waals surface area contributed by atoms with E-state index in [-0.39, 0.29) is 18.6 Å². The molecule has 0 atom stereocenters. The Hall–Kier alpha value is -1.69. The van der Waals surface area contributed by atoms with Gasteiger partial charge in [-0.2, -0.15) is 0 Å². The molecule has 0 N–H and O–H groups in total. The molecule has 1 aromatic rings. The Kier molecular flexibility index (Phi) is 3.99. The van der Waals surface area contributed by atoms with Crippen LogP contribution < -0.4 is 0 Å². The predicted octanol–water partition coefficient (Wildman–Crippen LogP) is 2.49. The minimum atomic E-state index is -0.672. The molecular weight excluding hydrogens is 198 g/mol. The van der Waals surface area contributed by atoms with Crippen molar-refractivity contribution in [3.05, 3.63) is 35.4 Å². The highest BCUT2D eigenvalue weighted by Crippen LogP contribution is 2.09. The van der Waals surface area contributed by atoms with Crippen molar-refractivity contribution in [3.63, 3.8) is 0 Å². The fourth-order valence-corrected chi connectivity index (χ4v) is 1.24. The first kappa shape index (κ1) is 11.4. The van der Waals surface area contributed by atoms with Crippen LogP contribution in [0.5, 0.6) is 0 Å². The van der Waals surface area contributed by atoms with E-state index in [1.54, 1.807) is 0 Å². The van der Waals surface area contributed by atoms with E-state index in [1.807, 2.05) is 0 Å². The smallest absolute Gasteiger partial charge is 0.138 e. The van der Waals surface area contributed by atoms with Crippen molar-refractivity contribution in [3.8, 4) is 12.3 Å². The normalized spacial score (nSPS) is 9.67. The van der Waals surface area contributed by atoms with Gasteiger partial charge in [-0.15, -0.1) is 12.3 Å². The number of ketones is 1. The van der Waals surface area contributed by atoms with Gasteiger partial charge in [0.25, 0.3) is 0 Å². The molecule has 15 heavy (non-hydrogen) atoms. The maximum atomic E-state index is 12.7. The molecule has 0 radical (unpaired) electrons. The highest BCUT2D eigenvalue weighted by Gasteiger charge is 2.05. The van der Waals surface area contributed by atoms with Crippen molar-refractivity contribution >= 4 is 5.78 Å². The van der Waals surface area contributed by atoms with Crippen LogP contribution in [0.4, 0.5) is 8.78 Å². The number of carbonyl (C=O) groups excluding carboxylic acids is 1. The number of hydrogen-bond donors (Lipinski definition) is 0. The molecule has 78 valence electrons. The van der Waals surface area contributed by atoms with Crippen molar-refractivity contribution < 1.29 is 13.6 Å². The van der Waals surface area contributed by atoms with Crippen LogP contribution in [0.15, 0.2) is 18.2 Å². The van der Waals surface area contributed by atoms with E-state index in [0.717, 1.165) is 18.2 Å². The van der Waals surface area contributed by atoms with Crippen molar-refractivity contribution in [1.29, 1.82) is 0 Å². The third kappa shape index (κ3) is 3.90. The van der Waals surface area contributed by atoms with Crippen LogP contribution in [-0.2, 0) is 11.2 Å². The Morgan fingerprint density at radius 1 is 1.27 bits per heavy atom. The Morgan fingerprint density at radius 2 is 1.87 bits per heavy atom. The average Bonchev–Trinajstić information content (AvgIpc) is 2.13. The second-order valence-corrected chi connectivity index (χ2v) is 3.20. The lowest BCUT2D eigenvalue weighted by Gasteiger charge is -2.00. The summed E-state index contributed by atoms with van der Waals surface area (Å²) in [6.07, 6.45) is 5.62. The molecule has 0 saturated heterocycles. The summed E-state index contributed by atoms with van der Waals surface area (Å²) in [5, 5.41) is 0. The number of halogens is 2. The van der Waals surface area contributed by atoms with Crippen LogP contribution in [0.2, 0.25) is 0 Å². The molecule has 1 rings (SSSR count). The summed E-state index contributed by atoms with van der Waals surface area (Å²) in [5.41, 5.74) is 0.342. The van der Waals surface area contributed by atoms with Gasteiger partial charge in [0, 0.05) is 25.3 Å². The summed E-state index contributed by atoms with van der Waals surface area (Å²) in [7, 11) is 0. The van der Waals surface area contributed by atoms with Crippen LogP contribution in [-0.4, -0.2) is 5.78 Å². The highest BCUT2D eigenvalue weighted by molar-refractivity contribution is 5.81. The lowest BCUT2D eigenvalue weighted by Crippen LogP contribution is -2.02. The zero-order valence-corrected chi connectivity index (χ0v) is 8.09. The maximum Gasteiger partial charge on any atom is 0.138 e. The van der Waals surface area contributed by atoms with E-state index in [1.165, 1.54) is 0 Å². The van der Waals surface area contributed by atoms with Gasteiger partial charge in [-0.1, -0.05) is 0 Å². The molecule has 0 bridgehead atoms. The number of hydrogen-bond acceptors (Lipinski definition) is 1. The number of Topliss-reactive ketones (excluding diaryl/α,β-unsaturated/α-hetero) is 1. The maximum absolute atomic E-state index is 12.7. The van der Waals surface area contributed by atoms with Gasteiger partial charge in [-0.05, 0) is 17.7 Å². The fraction of sp³-hybridized carbons (Fsp3) is 0.250. The molecule has 0 saturated carbocycles. The van der Waals surface area contributed by atoms with Crippen LogP contribution in [0.3, 0.4) is 0 Å². The average molecular weight is 208 g/mol. The number of rotatable bonds is 4.